The summed E-state index contributed by atoms with van der Waals surface area (Å²) < 4.78 is 7.06. The Labute approximate surface area is 198 Å². The molecule has 5 heteroatoms. The fraction of sp³-hybridized carbons (Fsp3) is 0.286. The number of piperidine rings is 1. The number of aromatic hydroxyl groups is 2. The average molecular weight is 460 g/mol. The summed E-state index contributed by atoms with van der Waals surface area (Å²) in [4.78, 5) is 1.16. The van der Waals surface area contributed by atoms with Gasteiger partial charge in [-0.25, -0.2) is 0 Å². The average Bonchev–Trinajstić information content (AvgIpc) is 3.18. The molecule has 1 unspecified atom stereocenters. The van der Waals surface area contributed by atoms with Crippen LogP contribution in [0.2, 0.25) is 0 Å². The highest BCUT2D eigenvalue weighted by Crippen LogP contribution is 2.41. The highest BCUT2D eigenvalue weighted by molar-refractivity contribution is 7.22. The van der Waals surface area contributed by atoms with Crippen molar-refractivity contribution in [1.82, 2.24) is 5.32 Å². The number of rotatable bonds is 7. The molecule has 0 amide bonds. The summed E-state index contributed by atoms with van der Waals surface area (Å²) >= 11 is 1.67. The minimum absolute atomic E-state index is 0.258. The third-order valence-corrected chi connectivity index (χ3v) is 7.60. The normalized spacial score (nSPS) is 16.2. The van der Waals surface area contributed by atoms with Gasteiger partial charge in [-0.2, -0.15) is 0 Å². The number of phenolic OH excluding ortho intramolecular Hbond substituents is 2. The van der Waals surface area contributed by atoms with Crippen LogP contribution in [0.5, 0.6) is 17.2 Å². The van der Waals surface area contributed by atoms with E-state index in [1.807, 2.05) is 24.3 Å². The molecule has 3 N–H and O–H groups in total. The molecule has 170 valence electrons. The molecular weight excluding hydrogens is 430 g/mol. The second-order valence-corrected chi connectivity index (χ2v) is 9.79. The third kappa shape index (κ3) is 5.15. The van der Waals surface area contributed by atoms with Crippen LogP contribution in [0.1, 0.15) is 36.8 Å². The van der Waals surface area contributed by atoms with Crippen LogP contribution < -0.4 is 10.1 Å². The molecule has 1 aromatic heterocycles. The van der Waals surface area contributed by atoms with Gasteiger partial charge in [0.25, 0.3) is 0 Å². The van der Waals surface area contributed by atoms with Crippen molar-refractivity contribution in [2.45, 2.75) is 38.1 Å². The van der Waals surface area contributed by atoms with Gasteiger partial charge in [-0.1, -0.05) is 18.6 Å². The molecule has 2 heterocycles. The largest absolute Gasteiger partial charge is 0.508 e. The lowest BCUT2D eigenvalue weighted by Gasteiger charge is -2.23. The van der Waals surface area contributed by atoms with E-state index in [0.29, 0.717) is 6.04 Å². The van der Waals surface area contributed by atoms with Crippen molar-refractivity contribution in [3.8, 4) is 27.7 Å². The zero-order valence-electron chi connectivity index (χ0n) is 18.6. The van der Waals surface area contributed by atoms with E-state index < -0.39 is 0 Å². The number of nitrogens with one attached hydrogen (secondary N) is 1. The quantitative estimate of drug-likeness (QED) is 0.296. The summed E-state index contributed by atoms with van der Waals surface area (Å²) in [6, 6.07) is 21.9. The molecule has 33 heavy (non-hydrogen) atoms. The summed E-state index contributed by atoms with van der Waals surface area (Å²) in [6.07, 6.45) is 5.68. The Morgan fingerprint density at radius 3 is 2.45 bits per heavy atom. The van der Waals surface area contributed by atoms with Gasteiger partial charge in [-0.05, 0) is 109 Å². The molecule has 1 fully saturated rings. The number of thiophene rings is 1. The topological polar surface area (TPSA) is 61.7 Å². The van der Waals surface area contributed by atoms with Crippen molar-refractivity contribution in [3.05, 3.63) is 77.9 Å². The molecular formula is C28H29NO3S. The van der Waals surface area contributed by atoms with Crippen LogP contribution in [0.25, 0.3) is 20.5 Å². The van der Waals surface area contributed by atoms with E-state index in [1.165, 1.54) is 30.4 Å². The van der Waals surface area contributed by atoms with Crippen LogP contribution in [0.3, 0.4) is 0 Å². The molecule has 0 spiro atoms. The smallest absolute Gasteiger partial charge is 0.119 e. The molecule has 0 saturated carbocycles. The van der Waals surface area contributed by atoms with Gasteiger partial charge in [0.1, 0.15) is 17.2 Å². The fourth-order valence-corrected chi connectivity index (χ4v) is 5.82. The van der Waals surface area contributed by atoms with E-state index in [4.69, 9.17) is 4.74 Å². The number of benzene rings is 3. The second-order valence-electron chi connectivity index (χ2n) is 8.74. The Balaban J connectivity index is 1.33. The Morgan fingerprint density at radius 2 is 1.70 bits per heavy atom. The van der Waals surface area contributed by atoms with Gasteiger partial charge in [0.2, 0.25) is 0 Å². The Morgan fingerprint density at radius 1 is 0.909 bits per heavy atom. The van der Waals surface area contributed by atoms with Crippen molar-refractivity contribution < 1.29 is 14.9 Å². The summed E-state index contributed by atoms with van der Waals surface area (Å²) in [6.45, 7) is 1.86. The van der Waals surface area contributed by atoms with Crippen LogP contribution >= 0.6 is 11.3 Å². The zero-order valence-corrected chi connectivity index (χ0v) is 19.4. The molecule has 4 aromatic rings. The maximum absolute atomic E-state index is 9.97. The minimum atomic E-state index is 0.258. The summed E-state index contributed by atoms with van der Waals surface area (Å²) in [5, 5.41) is 24.4. The summed E-state index contributed by atoms with van der Waals surface area (Å²) in [7, 11) is 0. The number of hydrogen-bond acceptors (Lipinski definition) is 5. The van der Waals surface area contributed by atoms with Gasteiger partial charge in [-0.3, -0.25) is 0 Å². The number of ether oxygens (including phenoxy) is 1. The van der Waals surface area contributed by atoms with Crippen LogP contribution in [-0.4, -0.2) is 29.4 Å². The van der Waals surface area contributed by atoms with E-state index >= 15 is 0 Å². The monoisotopic (exact) mass is 459 g/mol. The van der Waals surface area contributed by atoms with Crippen LogP contribution in [0.15, 0.2) is 66.7 Å². The predicted molar refractivity (Wildman–Crippen MR) is 136 cm³/mol. The molecule has 0 radical (unpaired) electrons. The molecule has 1 aliphatic heterocycles. The lowest BCUT2D eigenvalue weighted by atomic mass is 9.99. The third-order valence-electron chi connectivity index (χ3n) is 6.36. The molecule has 0 aliphatic carbocycles. The van der Waals surface area contributed by atoms with Gasteiger partial charge >= 0.3 is 0 Å². The Hall–Kier alpha value is -3.02. The first-order valence-corrected chi connectivity index (χ1v) is 12.5. The van der Waals surface area contributed by atoms with Gasteiger partial charge in [0.15, 0.2) is 0 Å². The molecule has 4 nitrogen and oxygen atoms in total. The number of fused-ring (bicyclic) bond motifs is 1. The Bertz CT molecular complexity index is 1210. The molecule has 1 atom stereocenters. The fourth-order valence-electron chi connectivity index (χ4n) is 4.56. The van der Waals surface area contributed by atoms with Gasteiger partial charge < -0.3 is 20.3 Å². The van der Waals surface area contributed by atoms with E-state index in [2.05, 4.69) is 29.6 Å². The van der Waals surface area contributed by atoms with Crippen molar-refractivity contribution in [1.29, 1.82) is 0 Å². The first-order valence-electron chi connectivity index (χ1n) is 11.6. The van der Waals surface area contributed by atoms with E-state index in [0.717, 1.165) is 52.3 Å². The van der Waals surface area contributed by atoms with Crippen LogP contribution in [-0.2, 0) is 6.42 Å². The molecule has 0 bridgehead atoms. The Kier molecular flexibility index (Phi) is 6.51. The minimum Gasteiger partial charge on any atom is -0.508 e. The first kappa shape index (κ1) is 21.8. The van der Waals surface area contributed by atoms with Gasteiger partial charge in [0, 0.05) is 15.6 Å². The van der Waals surface area contributed by atoms with Crippen LogP contribution in [0, 0.1) is 0 Å². The SMILES string of the molecule is Oc1ccc(-c2sc3cc(O)ccc3c2Cc2ccc(OCCC3CCCCN3)cc2)cc1. The first-order chi connectivity index (χ1) is 16.2. The molecule has 1 aliphatic rings. The predicted octanol–water partition coefficient (Wildman–Crippen LogP) is 6.48. The number of phenols is 2. The van der Waals surface area contributed by atoms with Gasteiger partial charge in [-0.15, -0.1) is 11.3 Å². The second kappa shape index (κ2) is 9.86. The van der Waals surface area contributed by atoms with E-state index in [1.54, 1.807) is 29.5 Å². The van der Waals surface area contributed by atoms with Crippen molar-refractivity contribution >= 4 is 21.4 Å². The maximum atomic E-state index is 9.97. The summed E-state index contributed by atoms with van der Waals surface area (Å²) in [5.41, 5.74) is 3.52. The van der Waals surface area contributed by atoms with E-state index in [9.17, 15) is 10.2 Å². The molecule has 3 aromatic carbocycles. The van der Waals surface area contributed by atoms with Crippen molar-refractivity contribution in [2.75, 3.05) is 13.2 Å². The molecule has 1 saturated heterocycles. The van der Waals surface area contributed by atoms with Gasteiger partial charge in [0.05, 0.1) is 6.61 Å². The van der Waals surface area contributed by atoms with E-state index in [-0.39, 0.29) is 11.5 Å². The lowest BCUT2D eigenvalue weighted by molar-refractivity contribution is 0.268. The standard InChI is InChI=1S/C28H29NO3S/c30-22-8-6-20(7-9-22)28-26(25-13-10-23(31)18-27(25)33-28)17-19-4-11-24(12-5-19)32-16-14-21-3-1-2-15-29-21/h4-13,18,21,29-31H,1-3,14-17H2. The lowest BCUT2D eigenvalue weighted by Crippen LogP contribution is -2.35. The van der Waals surface area contributed by atoms with Crippen molar-refractivity contribution in [3.63, 3.8) is 0 Å². The highest BCUT2D eigenvalue weighted by Gasteiger charge is 2.16. The zero-order chi connectivity index (χ0) is 22.6. The molecule has 5 rings (SSSR count). The number of hydrogen-bond donors (Lipinski definition) is 3. The van der Waals surface area contributed by atoms with Crippen molar-refractivity contribution in [2.24, 2.45) is 0 Å². The van der Waals surface area contributed by atoms with Crippen LogP contribution in [0.4, 0.5) is 0 Å². The maximum Gasteiger partial charge on any atom is 0.119 e. The highest BCUT2D eigenvalue weighted by atomic mass is 32.1. The summed E-state index contributed by atoms with van der Waals surface area (Å²) in [5.74, 6) is 1.44.